The summed E-state index contributed by atoms with van der Waals surface area (Å²) in [7, 11) is 0. The molecule has 0 spiro atoms. The first-order chi connectivity index (χ1) is 10.7. The molecule has 4 N–H and O–H groups in total. The average Bonchev–Trinajstić information content (AvgIpc) is 2.97. The lowest BCUT2D eigenvalue weighted by atomic mass is 10.1. The molecule has 0 saturated carbocycles. The van der Waals surface area contributed by atoms with Gasteiger partial charge in [-0.3, -0.25) is 0 Å². The number of fused-ring (bicyclic) bond motifs is 1. The highest BCUT2D eigenvalue weighted by Crippen LogP contribution is 2.18. The Morgan fingerprint density at radius 2 is 1.82 bits per heavy atom. The van der Waals surface area contributed by atoms with Crippen molar-refractivity contribution in [3.05, 3.63) is 71.9 Å². The maximum atomic E-state index is 12.1. The average molecular weight is 295 g/mol. The van der Waals surface area contributed by atoms with Crippen molar-refractivity contribution < 1.29 is 15.3 Å². The lowest BCUT2D eigenvalue weighted by Gasteiger charge is -2.09. The van der Waals surface area contributed by atoms with Crippen molar-refractivity contribution in [2.75, 3.05) is 0 Å². The largest absolute Gasteiger partial charge is 0.456 e. The second-order valence-corrected chi connectivity index (χ2v) is 5.35. The molecule has 0 fully saturated rings. The molecule has 1 atom stereocenters. The van der Waals surface area contributed by atoms with Gasteiger partial charge in [0.15, 0.2) is 6.04 Å². The first-order valence-corrected chi connectivity index (χ1v) is 7.32. The smallest absolute Gasteiger partial charge is 0.365 e. The van der Waals surface area contributed by atoms with Crippen molar-refractivity contribution in [1.29, 1.82) is 0 Å². The van der Waals surface area contributed by atoms with Crippen molar-refractivity contribution in [3.63, 3.8) is 0 Å². The predicted octanol–water partition coefficient (Wildman–Crippen LogP) is 2.06. The van der Waals surface area contributed by atoms with Crippen LogP contribution in [-0.2, 0) is 22.6 Å². The lowest BCUT2D eigenvalue weighted by Crippen LogP contribution is -2.66. The van der Waals surface area contributed by atoms with Crippen molar-refractivity contribution in [2.45, 2.75) is 19.1 Å². The summed E-state index contributed by atoms with van der Waals surface area (Å²) in [4.78, 5) is 15.3. The third-order valence-electron chi connectivity index (χ3n) is 3.70. The molecule has 0 bridgehead atoms. The molecule has 22 heavy (non-hydrogen) atoms. The minimum absolute atomic E-state index is 0.269. The van der Waals surface area contributed by atoms with E-state index in [9.17, 15) is 4.79 Å². The fourth-order valence-electron chi connectivity index (χ4n) is 2.50. The summed E-state index contributed by atoms with van der Waals surface area (Å²) in [5.41, 5.74) is 7.09. The third-order valence-corrected chi connectivity index (χ3v) is 3.70. The number of ether oxygens (including phenoxy) is 1. The van der Waals surface area contributed by atoms with Gasteiger partial charge in [-0.2, -0.15) is 0 Å². The Morgan fingerprint density at radius 3 is 2.64 bits per heavy atom. The number of aromatic nitrogens is 1. The molecule has 3 rings (SSSR count). The van der Waals surface area contributed by atoms with Crippen LogP contribution in [0.3, 0.4) is 0 Å². The summed E-state index contributed by atoms with van der Waals surface area (Å²) >= 11 is 0. The number of hydrogen-bond donors (Lipinski definition) is 2. The molecule has 1 heterocycles. The van der Waals surface area contributed by atoms with E-state index in [-0.39, 0.29) is 5.97 Å². The zero-order valence-electron chi connectivity index (χ0n) is 12.3. The summed E-state index contributed by atoms with van der Waals surface area (Å²) in [6.45, 7) is 0.291. The molecular formula is C18H19N2O2+. The molecule has 3 aromatic rings. The van der Waals surface area contributed by atoms with E-state index in [2.05, 4.69) is 10.7 Å². The van der Waals surface area contributed by atoms with Crippen molar-refractivity contribution in [3.8, 4) is 0 Å². The molecule has 0 amide bonds. The molecule has 2 aromatic carbocycles. The summed E-state index contributed by atoms with van der Waals surface area (Å²) in [5, 5.41) is 1.13. The minimum atomic E-state index is -0.414. The third kappa shape index (κ3) is 3.18. The fraction of sp³-hybridized carbons (Fsp3) is 0.167. The fourth-order valence-corrected chi connectivity index (χ4v) is 2.50. The number of para-hydroxylation sites is 1. The quantitative estimate of drug-likeness (QED) is 0.707. The van der Waals surface area contributed by atoms with E-state index in [0.29, 0.717) is 13.0 Å². The van der Waals surface area contributed by atoms with Gasteiger partial charge in [0, 0.05) is 23.5 Å². The van der Waals surface area contributed by atoms with Crippen LogP contribution in [0.15, 0.2) is 60.8 Å². The van der Waals surface area contributed by atoms with E-state index >= 15 is 0 Å². The molecule has 0 unspecified atom stereocenters. The van der Waals surface area contributed by atoms with Crippen LogP contribution in [0.5, 0.6) is 0 Å². The monoisotopic (exact) mass is 295 g/mol. The van der Waals surface area contributed by atoms with Crippen molar-refractivity contribution >= 4 is 16.9 Å². The Hall–Kier alpha value is -2.59. The zero-order chi connectivity index (χ0) is 15.4. The number of nitrogens with one attached hydrogen (secondary N) is 1. The van der Waals surface area contributed by atoms with Crippen molar-refractivity contribution in [2.24, 2.45) is 0 Å². The molecular weight excluding hydrogens is 276 g/mol. The molecule has 0 aliphatic carbocycles. The maximum absolute atomic E-state index is 12.1. The number of quaternary nitrogens is 1. The second-order valence-electron chi connectivity index (χ2n) is 5.35. The summed E-state index contributed by atoms with van der Waals surface area (Å²) in [6, 6.07) is 17.3. The molecule has 0 radical (unpaired) electrons. The first-order valence-electron chi connectivity index (χ1n) is 7.32. The van der Waals surface area contributed by atoms with E-state index < -0.39 is 6.04 Å². The van der Waals surface area contributed by atoms with Crippen LogP contribution in [0.25, 0.3) is 10.9 Å². The summed E-state index contributed by atoms with van der Waals surface area (Å²) in [5.74, 6) is -0.269. The van der Waals surface area contributed by atoms with Gasteiger partial charge >= 0.3 is 5.97 Å². The van der Waals surface area contributed by atoms with Crippen LogP contribution in [0.1, 0.15) is 11.1 Å². The highest BCUT2D eigenvalue weighted by atomic mass is 16.5. The van der Waals surface area contributed by atoms with Gasteiger partial charge in [0.1, 0.15) is 6.61 Å². The standard InChI is InChI=1S/C18H18N2O2/c19-16(18(21)22-12-13-6-2-1-3-7-13)10-14-11-20-17-9-5-4-8-15(14)17/h1-9,11,16,20H,10,12,19H2/p+1/t16-/m0/s1. The second kappa shape index (κ2) is 6.45. The van der Waals surface area contributed by atoms with Crippen LogP contribution >= 0.6 is 0 Å². The van der Waals surface area contributed by atoms with Gasteiger partial charge in [0.25, 0.3) is 0 Å². The number of aromatic amines is 1. The van der Waals surface area contributed by atoms with E-state index in [1.165, 1.54) is 0 Å². The number of benzene rings is 2. The van der Waals surface area contributed by atoms with Gasteiger partial charge < -0.3 is 15.5 Å². The summed E-state index contributed by atoms with van der Waals surface area (Å²) in [6.07, 6.45) is 2.50. The van der Waals surface area contributed by atoms with Gasteiger partial charge in [-0.05, 0) is 17.2 Å². The molecule has 4 nitrogen and oxygen atoms in total. The highest BCUT2D eigenvalue weighted by molar-refractivity contribution is 5.84. The van der Waals surface area contributed by atoms with Crippen LogP contribution in [0.2, 0.25) is 0 Å². The van der Waals surface area contributed by atoms with E-state index in [1.807, 2.05) is 60.8 Å². The number of rotatable bonds is 5. The van der Waals surface area contributed by atoms with E-state index in [0.717, 1.165) is 22.0 Å². The summed E-state index contributed by atoms with van der Waals surface area (Å²) < 4.78 is 5.34. The van der Waals surface area contributed by atoms with Gasteiger partial charge in [-0.15, -0.1) is 0 Å². The maximum Gasteiger partial charge on any atom is 0.365 e. The van der Waals surface area contributed by atoms with Gasteiger partial charge in [0.05, 0.1) is 0 Å². The van der Waals surface area contributed by atoms with Gasteiger partial charge in [-0.25, -0.2) is 4.79 Å². The molecule has 1 aromatic heterocycles. The highest BCUT2D eigenvalue weighted by Gasteiger charge is 2.21. The Morgan fingerprint density at radius 1 is 1.09 bits per heavy atom. The Balaban J connectivity index is 1.61. The number of carbonyl (C=O) groups is 1. The SMILES string of the molecule is [NH3+][C@@H](Cc1c[nH]c2ccccc12)C(=O)OCc1ccccc1. The lowest BCUT2D eigenvalue weighted by molar-refractivity contribution is -0.408. The number of carbonyl (C=O) groups excluding carboxylic acids is 1. The first kappa shape index (κ1) is 14.4. The molecule has 0 saturated heterocycles. The van der Waals surface area contributed by atoms with Crippen LogP contribution in [-0.4, -0.2) is 17.0 Å². The molecule has 0 aliphatic rings. The molecule has 112 valence electrons. The van der Waals surface area contributed by atoms with Gasteiger partial charge in [0.2, 0.25) is 0 Å². The molecule has 0 aliphatic heterocycles. The van der Waals surface area contributed by atoms with Crippen molar-refractivity contribution in [1.82, 2.24) is 4.98 Å². The minimum Gasteiger partial charge on any atom is -0.456 e. The van der Waals surface area contributed by atoms with E-state index in [1.54, 1.807) is 0 Å². The number of hydrogen-bond acceptors (Lipinski definition) is 2. The normalized spacial score (nSPS) is 12.2. The van der Waals surface area contributed by atoms with E-state index in [4.69, 9.17) is 4.74 Å². The predicted molar refractivity (Wildman–Crippen MR) is 84.9 cm³/mol. The topological polar surface area (TPSA) is 69.7 Å². The van der Waals surface area contributed by atoms with Gasteiger partial charge in [-0.1, -0.05) is 48.5 Å². The Labute approximate surface area is 128 Å². The number of H-pyrrole nitrogens is 1. The number of esters is 1. The Kier molecular flexibility index (Phi) is 4.21. The van der Waals surface area contributed by atoms with Crippen LogP contribution in [0.4, 0.5) is 0 Å². The molecule has 4 heteroatoms. The van der Waals surface area contributed by atoms with Crippen LogP contribution in [0, 0.1) is 0 Å². The van der Waals surface area contributed by atoms with Crippen LogP contribution < -0.4 is 5.73 Å². The zero-order valence-corrected chi connectivity index (χ0v) is 12.3. The Bertz CT molecular complexity index is 765.